The standard InChI is InChI=1S/C16H24N2O8.C2H6/c1-9(19)17-5-3-13(21)25-11-7-23-16-12(8-24-15(11)16)26-14(22)4-6-18-10(2)20;1-2/h11-12,15-16H,3-8H2,1-2H3,(H,17,19)(H,18,20);1-2H3/t11-,12+,15-,16-;/m1./s1. The van der Waals surface area contributed by atoms with Crippen LogP contribution in [0.1, 0.15) is 40.5 Å². The molecule has 160 valence electrons. The lowest BCUT2D eigenvalue weighted by molar-refractivity contribution is -0.155. The average Bonchev–Trinajstić information content (AvgIpc) is 3.20. The van der Waals surface area contributed by atoms with Gasteiger partial charge in [-0.15, -0.1) is 0 Å². The van der Waals surface area contributed by atoms with Crippen LogP contribution in [-0.2, 0) is 38.1 Å². The second-order valence-corrected chi connectivity index (χ2v) is 6.12. The zero-order chi connectivity index (χ0) is 21.1. The summed E-state index contributed by atoms with van der Waals surface area (Å²) in [6, 6.07) is 0. The lowest BCUT2D eigenvalue weighted by atomic mass is 10.1. The molecule has 0 aromatic rings. The molecular weight excluding hydrogens is 372 g/mol. The van der Waals surface area contributed by atoms with Crippen LogP contribution in [0.15, 0.2) is 0 Å². The maximum Gasteiger partial charge on any atom is 0.308 e. The molecule has 10 heteroatoms. The van der Waals surface area contributed by atoms with E-state index in [9.17, 15) is 19.2 Å². The largest absolute Gasteiger partial charge is 0.457 e. The Morgan fingerprint density at radius 3 is 1.46 bits per heavy atom. The molecule has 4 atom stereocenters. The first-order valence-corrected chi connectivity index (χ1v) is 9.48. The predicted molar refractivity (Wildman–Crippen MR) is 97.2 cm³/mol. The van der Waals surface area contributed by atoms with E-state index in [0.717, 1.165) is 0 Å². The minimum Gasteiger partial charge on any atom is -0.457 e. The van der Waals surface area contributed by atoms with Crippen LogP contribution in [0, 0.1) is 0 Å². The first-order valence-electron chi connectivity index (χ1n) is 9.48. The lowest BCUT2D eigenvalue weighted by Gasteiger charge is -2.17. The van der Waals surface area contributed by atoms with Crippen molar-refractivity contribution < 1.29 is 38.1 Å². The number of amides is 2. The highest BCUT2D eigenvalue weighted by molar-refractivity contribution is 5.75. The van der Waals surface area contributed by atoms with E-state index in [1.54, 1.807) is 0 Å². The molecule has 0 aromatic heterocycles. The van der Waals surface area contributed by atoms with Crippen molar-refractivity contribution in [2.45, 2.75) is 65.0 Å². The molecule has 2 rings (SSSR count). The second kappa shape index (κ2) is 12.3. The Morgan fingerprint density at radius 1 is 0.786 bits per heavy atom. The number of nitrogens with one attached hydrogen (secondary N) is 2. The highest BCUT2D eigenvalue weighted by Crippen LogP contribution is 2.30. The summed E-state index contributed by atoms with van der Waals surface area (Å²) >= 11 is 0. The SMILES string of the molecule is CC.CC(=O)NCCC(=O)O[C@H]1CO[C@H]2[C@@H]1OC[C@H]2OC(=O)CCNC(C)=O. The van der Waals surface area contributed by atoms with Crippen LogP contribution in [0.25, 0.3) is 0 Å². The van der Waals surface area contributed by atoms with E-state index in [2.05, 4.69) is 10.6 Å². The summed E-state index contributed by atoms with van der Waals surface area (Å²) in [7, 11) is 0. The van der Waals surface area contributed by atoms with Crippen molar-refractivity contribution in [1.82, 2.24) is 10.6 Å². The molecule has 0 aliphatic carbocycles. The smallest absolute Gasteiger partial charge is 0.308 e. The maximum absolute atomic E-state index is 11.8. The molecule has 2 aliphatic rings. The van der Waals surface area contributed by atoms with E-state index in [-0.39, 0.29) is 51.0 Å². The topological polar surface area (TPSA) is 129 Å². The minimum atomic E-state index is -0.576. The summed E-state index contributed by atoms with van der Waals surface area (Å²) in [5.74, 6) is -1.37. The minimum absolute atomic E-state index is 0.0506. The third kappa shape index (κ3) is 7.81. The molecule has 0 radical (unpaired) electrons. The Bertz CT molecular complexity index is 506. The zero-order valence-electron chi connectivity index (χ0n) is 16.8. The maximum atomic E-state index is 11.8. The number of ether oxygens (including phenoxy) is 4. The van der Waals surface area contributed by atoms with E-state index in [0.29, 0.717) is 0 Å². The number of carbonyl (C=O) groups is 4. The highest BCUT2D eigenvalue weighted by Gasteiger charge is 2.51. The van der Waals surface area contributed by atoms with Crippen molar-refractivity contribution in [2.24, 2.45) is 0 Å². The number of hydrogen-bond donors (Lipinski definition) is 2. The molecule has 0 aromatic carbocycles. The van der Waals surface area contributed by atoms with Crippen LogP contribution in [0.5, 0.6) is 0 Å². The van der Waals surface area contributed by atoms with Gasteiger partial charge in [0.2, 0.25) is 11.8 Å². The number of fused-ring (bicyclic) bond motifs is 1. The van der Waals surface area contributed by atoms with Gasteiger partial charge in [-0.2, -0.15) is 0 Å². The fraction of sp³-hybridized carbons (Fsp3) is 0.778. The Labute approximate surface area is 164 Å². The van der Waals surface area contributed by atoms with Crippen LogP contribution in [0.2, 0.25) is 0 Å². The molecule has 2 amide bonds. The van der Waals surface area contributed by atoms with Gasteiger partial charge in [0.15, 0.2) is 12.2 Å². The third-order valence-electron chi connectivity index (χ3n) is 3.93. The van der Waals surface area contributed by atoms with Crippen molar-refractivity contribution in [1.29, 1.82) is 0 Å². The van der Waals surface area contributed by atoms with Gasteiger partial charge in [0.1, 0.15) is 12.2 Å². The third-order valence-corrected chi connectivity index (χ3v) is 3.93. The van der Waals surface area contributed by atoms with Crippen molar-refractivity contribution in [2.75, 3.05) is 26.3 Å². The van der Waals surface area contributed by atoms with Gasteiger partial charge in [0, 0.05) is 26.9 Å². The molecule has 2 aliphatic heterocycles. The highest BCUT2D eigenvalue weighted by atomic mass is 16.7. The summed E-state index contributed by atoms with van der Waals surface area (Å²) in [4.78, 5) is 45.1. The quantitative estimate of drug-likeness (QED) is 0.529. The fourth-order valence-electron chi connectivity index (χ4n) is 2.77. The van der Waals surface area contributed by atoms with Crippen molar-refractivity contribution >= 4 is 23.8 Å². The number of hydrogen-bond acceptors (Lipinski definition) is 8. The second-order valence-electron chi connectivity index (χ2n) is 6.12. The summed E-state index contributed by atoms with van der Waals surface area (Å²) in [5, 5.41) is 5.03. The summed E-state index contributed by atoms with van der Waals surface area (Å²) < 4.78 is 21.8. The monoisotopic (exact) mass is 402 g/mol. The van der Waals surface area contributed by atoms with Gasteiger partial charge < -0.3 is 29.6 Å². The average molecular weight is 402 g/mol. The van der Waals surface area contributed by atoms with Crippen molar-refractivity contribution in [3.05, 3.63) is 0 Å². The van der Waals surface area contributed by atoms with Crippen LogP contribution >= 0.6 is 0 Å². The normalized spacial score (nSPS) is 25.0. The van der Waals surface area contributed by atoms with Gasteiger partial charge in [0.25, 0.3) is 0 Å². The molecule has 2 fully saturated rings. The van der Waals surface area contributed by atoms with Gasteiger partial charge in [-0.25, -0.2) is 0 Å². The Morgan fingerprint density at radius 2 is 1.14 bits per heavy atom. The van der Waals surface area contributed by atoms with E-state index >= 15 is 0 Å². The fourth-order valence-corrected chi connectivity index (χ4v) is 2.77. The zero-order valence-corrected chi connectivity index (χ0v) is 16.8. The molecule has 28 heavy (non-hydrogen) atoms. The van der Waals surface area contributed by atoms with Crippen molar-refractivity contribution in [3.8, 4) is 0 Å². The molecule has 0 unspecified atom stereocenters. The molecule has 2 N–H and O–H groups in total. The van der Waals surface area contributed by atoms with Crippen molar-refractivity contribution in [3.63, 3.8) is 0 Å². The van der Waals surface area contributed by atoms with E-state index in [4.69, 9.17) is 18.9 Å². The number of esters is 2. The first kappa shape index (κ1) is 23.8. The number of rotatable bonds is 8. The van der Waals surface area contributed by atoms with Gasteiger partial charge in [0.05, 0.1) is 26.1 Å². The molecule has 0 spiro atoms. The molecule has 0 bridgehead atoms. The summed E-state index contributed by atoms with van der Waals surface area (Å²) in [6.45, 7) is 7.44. The number of carbonyl (C=O) groups excluding carboxylic acids is 4. The van der Waals surface area contributed by atoms with E-state index in [1.807, 2.05) is 13.8 Å². The Kier molecular flexibility index (Phi) is 10.5. The van der Waals surface area contributed by atoms with E-state index in [1.165, 1.54) is 13.8 Å². The van der Waals surface area contributed by atoms with Crippen LogP contribution < -0.4 is 10.6 Å². The predicted octanol–water partition coefficient (Wildman–Crippen LogP) is -0.314. The van der Waals surface area contributed by atoms with Crippen LogP contribution in [0.3, 0.4) is 0 Å². The lowest BCUT2D eigenvalue weighted by Crippen LogP contribution is -2.36. The summed E-state index contributed by atoms with van der Waals surface area (Å²) in [5.41, 5.74) is 0. The molecule has 0 saturated carbocycles. The molecular formula is C18H30N2O8. The molecule has 2 saturated heterocycles. The van der Waals surface area contributed by atoms with E-state index < -0.39 is 36.4 Å². The Hall–Kier alpha value is -2.20. The van der Waals surface area contributed by atoms with Gasteiger partial charge >= 0.3 is 11.9 Å². The molecule has 2 heterocycles. The molecule has 10 nitrogen and oxygen atoms in total. The first-order chi connectivity index (χ1) is 13.4. The van der Waals surface area contributed by atoms with Gasteiger partial charge in [-0.05, 0) is 0 Å². The van der Waals surface area contributed by atoms with Gasteiger partial charge in [-0.3, -0.25) is 19.2 Å². The van der Waals surface area contributed by atoms with Crippen LogP contribution in [-0.4, -0.2) is 74.5 Å². The Balaban J connectivity index is 0.00000190. The van der Waals surface area contributed by atoms with Crippen LogP contribution in [0.4, 0.5) is 0 Å². The summed E-state index contributed by atoms with van der Waals surface area (Å²) in [6.07, 6.45) is -2.04. The van der Waals surface area contributed by atoms with Gasteiger partial charge in [-0.1, -0.05) is 13.8 Å².